The first-order valence-corrected chi connectivity index (χ1v) is 7.00. The van der Waals surface area contributed by atoms with Crippen molar-refractivity contribution in [3.8, 4) is 0 Å². The first-order valence-electron chi connectivity index (χ1n) is 6.21. The summed E-state index contributed by atoms with van der Waals surface area (Å²) in [6, 6.07) is 6.21. The Bertz CT molecular complexity index is 669. The molecular formula is C14H14BrN3O3. The number of carboxylic acids is 1. The lowest BCUT2D eigenvalue weighted by molar-refractivity contribution is -0.141. The summed E-state index contributed by atoms with van der Waals surface area (Å²) in [7, 11) is 1.69. The molecule has 1 unspecified atom stereocenters. The number of carbonyl (C=O) groups is 2. The number of hydrogen-bond donors (Lipinski definition) is 2. The number of aromatic nitrogens is 2. The highest BCUT2D eigenvalue weighted by atomic mass is 79.9. The fourth-order valence-corrected chi connectivity index (χ4v) is 2.37. The highest BCUT2D eigenvalue weighted by Crippen LogP contribution is 2.14. The average Bonchev–Trinajstić information content (AvgIpc) is 2.82. The minimum atomic E-state index is -1.12. The van der Waals surface area contributed by atoms with Crippen LogP contribution in [-0.2, 0) is 23.1 Å². The van der Waals surface area contributed by atoms with Crippen LogP contribution in [-0.4, -0.2) is 26.8 Å². The molecule has 7 heteroatoms. The number of amides is 1. The van der Waals surface area contributed by atoms with E-state index in [-0.39, 0.29) is 12.3 Å². The number of hydrogen-bond acceptors (Lipinski definition) is 3. The van der Waals surface area contributed by atoms with Gasteiger partial charge >= 0.3 is 5.97 Å². The molecule has 110 valence electrons. The van der Waals surface area contributed by atoms with Crippen molar-refractivity contribution < 1.29 is 14.7 Å². The van der Waals surface area contributed by atoms with Crippen molar-refractivity contribution in [2.75, 3.05) is 0 Å². The predicted octanol–water partition coefficient (Wildman–Crippen LogP) is 1.67. The van der Waals surface area contributed by atoms with Crippen LogP contribution in [0.15, 0.2) is 41.1 Å². The minimum Gasteiger partial charge on any atom is -0.479 e. The molecule has 1 aromatic carbocycles. The van der Waals surface area contributed by atoms with Crippen molar-refractivity contribution in [1.82, 2.24) is 15.1 Å². The smallest absolute Gasteiger partial charge is 0.331 e. The molecule has 0 radical (unpaired) electrons. The summed E-state index contributed by atoms with van der Waals surface area (Å²) in [5.41, 5.74) is 1.24. The molecule has 0 bridgehead atoms. The third kappa shape index (κ3) is 4.16. The van der Waals surface area contributed by atoms with Crippen LogP contribution in [0.2, 0.25) is 0 Å². The fourth-order valence-electron chi connectivity index (χ4n) is 1.92. The van der Waals surface area contributed by atoms with E-state index >= 15 is 0 Å². The van der Waals surface area contributed by atoms with Gasteiger partial charge in [-0.3, -0.25) is 9.48 Å². The molecule has 0 saturated heterocycles. The van der Waals surface area contributed by atoms with Crippen LogP contribution in [0.4, 0.5) is 0 Å². The zero-order chi connectivity index (χ0) is 15.4. The number of carboxylic acid groups (broad SMARTS) is 1. The van der Waals surface area contributed by atoms with Crippen LogP contribution in [0.1, 0.15) is 17.2 Å². The van der Waals surface area contributed by atoms with Gasteiger partial charge in [0.1, 0.15) is 0 Å². The maximum atomic E-state index is 12.0. The zero-order valence-electron chi connectivity index (χ0n) is 11.3. The summed E-state index contributed by atoms with van der Waals surface area (Å²) in [5, 5.41) is 15.7. The summed E-state index contributed by atoms with van der Waals surface area (Å²) in [6.07, 6.45) is 3.11. The van der Waals surface area contributed by atoms with Crippen molar-refractivity contribution in [2.45, 2.75) is 12.5 Å². The molecule has 0 fully saturated rings. The summed E-state index contributed by atoms with van der Waals surface area (Å²) in [4.78, 5) is 23.3. The van der Waals surface area contributed by atoms with Crippen LogP contribution in [0.3, 0.4) is 0 Å². The van der Waals surface area contributed by atoms with Gasteiger partial charge in [-0.1, -0.05) is 28.1 Å². The molecular weight excluding hydrogens is 338 g/mol. The summed E-state index contributed by atoms with van der Waals surface area (Å²) in [6.45, 7) is 0. The van der Waals surface area contributed by atoms with Gasteiger partial charge in [0.15, 0.2) is 6.04 Å². The lowest BCUT2D eigenvalue weighted by atomic mass is 10.1. The van der Waals surface area contributed by atoms with Crippen LogP contribution in [0, 0.1) is 0 Å². The number of aryl methyl sites for hydroxylation is 1. The van der Waals surface area contributed by atoms with Crippen LogP contribution in [0.25, 0.3) is 0 Å². The maximum Gasteiger partial charge on any atom is 0.331 e. The number of benzene rings is 1. The minimum absolute atomic E-state index is 0.115. The fraction of sp³-hybridized carbons (Fsp3) is 0.214. The van der Waals surface area contributed by atoms with Crippen molar-refractivity contribution >= 4 is 27.8 Å². The molecule has 1 atom stereocenters. The Labute approximate surface area is 129 Å². The van der Waals surface area contributed by atoms with Gasteiger partial charge < -0.3 is 10.4 Å². The molecule has 1 aromatic heterocycles. The Morgan fingerprint density at radius 2 is 2.24 bits per heavy atom. The van der Waals surface area contributed by atoms with Gasteiger partial charge in [0, 0.05) is 23.3 Å². The van der Waals surface area contributed by atoms with Gasteiger partial charge in [0.05, 0.1) is 12.6 Å². The first-order chi connectivity index (χ1) is 9.95. The second-order valence-corrected chi connectivity index (χ2v) is 5.51. The maximum absolute atomic E-state index is 12.0. The second kappa shape index (κ2) is 6.53. The van der Waals surface area contributed by atoms with Gasteiger partial charge in [-0.05, 0) is 17.7 Å². The number of aliphatic carboxylic acids is 1. The third-order valence-corrected chi connectivity index (χ3v) is 3.36. The Hall–Kier alpha value is -2.15. The van der Waals surface area contributed by atoms with Crippen LogP contribution in [0.5, 0.6) is 0 Å². The molecule has 0 aliphatic heterocycles. The number of halogens is 1. The standard InChI is InChI=1S/C14H14BrN3O3/c1-18-8-10(7-16-18)13(14(20)21)17-12(19)6-9-3-2-4-11(15)5-9/h2-5,7-8,13H,6H2,1H3,(H,17,19)(H,20,21). The van der Waals surface area contributed by atoms with E-state index in [2.05, 4.69) is 26.3 Å². The van der Waals surface area contributed by atoms with Gasteiger partial charge in [0.2, 0.25) is 5.91 Å². The lowest BCUT2D eigenvalue weighted by Crippen LogP contribution is -2.34. The van der Waals surface area contributed by atoms with Crippen molar-refractivity contribution in [2.24, 2.45) is 7.05 Å². The number of carbonyl (C=O) groups excluding carboxylic acids is 1. The van der Waals surface area contributed by atoms with Crippen LogP contribution < -0.4 is 5.32 Å². The first kappa shape index (κ1) is 15.2. The van der Waals surface area contributed by atoms with E-state index in [4.69, 9.17) is 0 Å². The van der Waals surface area contributed by atoms with E-state index in [1.807, 2.05) is 24.3 Å². The number of nitrogens with zero attached hydrogens (tertiary/aromatic N) is 2. The lowest BCUT2D eigenvalue weighted by Gasteiger charge is -2.13. The summed E-state index contributed by atoms with van der Waals surface area (Å²) in [5.74, 6) is -1.48. The highest BCUT2D eigenvalue weighted by Gasteiger charge is 2.23. The molecule has 0 aliphatic rings. The Kier molecular flexibility index (Phi) is 4.74. The van der Waals surface area contributed by atoms with Crippen molar-refractivity contribution in [3.05, 3.63) is 52.3 Å². The third-order valence-electron chi connectivity index (χ3n) is 2.86. The van der Waals surface area contributed by atoms with Crippen LogP contribution >= 0.6 is 15.9 Å². The molecule has 0 aliphatic carbocycles. The zero-order valence-corrected chi connectivity index (χ0v) is 12.9. The van der Waals surface area contributed by atoms with E-state index in [0.717, 1.165) is 10.0 Å². The van der Waals surface area contributed by atoms with Gasteiger partial charge in [0.25, 0.3) is 0 Å². The number of rotatable bonds is 5. The Balaban J connectivity index is 2.07. The molecule has 21 heavy (non-hydrogen) atoms. The Morgan fingerprint density at radius 3 is 2.81 bits per heavy atom. The average molecular weight is 352 g/mol. The molecule has 0 spiro atoms. The molecule has 1 heterocycles. The second-order valence-electron chi connectivity index (χ2n) is 4.59. The summed E-state index contributed by atoms with van der Waals surface area (Å²) >= 11 is 3.33. The molecule has 2 aromatic rings. The Morgan fingerprint density at radius 1 is 1.48 bits per heavy atom. The molecule has 0 saturated carbocycles. The molecule has 2 N–H and O–H groups in total. The highest BCUT2D eigenvalue weighted by molar-refractivity contribution is 9.10. The topological polar surface area (TPSA) is 84.2 Å². The van der Waals surface area contributed by atoms with E-state index in [9.17, 15) is 14.7 Å². The van der Waals surface area contributed by atoms with Gasteiger partial charge in [-0.15, -0.1) is 0 Å². The molecule has 6 nitrogen and oxygen atoms in total. The largest absolute Gasteiger partial charge is 0.479 e. The predicted molar refractivity (Wildman–Crippen MR) is 79.6 cm³/mol. The van der Waals surface area contributed by atoms with Crippen molar-refractivity contribution in [1.29, 1.82) is 0 Å². The monoisotopic (exact) mass is 351 g/mol. The quantitative estimate of drug-likeness (QED) is 0.857. The number of nitrogens with one attached hydrogen (secondary N) is 1. The molecule has 2 rings (SSSR count). The summed E-state index contributed by atoms with van der Waals surface area (Å²) < 4.78 is 2.36. The molecule has 1 amide bonds. The van der Waals surface area contributed by atoms with E-state index in [1.165, 1.54) is 10.9 Å². The van der Waals surface area contributed by atoms with Gasteiger partial charge in [-0.2, -0.15) is 5.10 Å². The normalized spacial score (nSPS) is 11.9. The van der Waals surface area contributed by atoms with Crippen molar-refractivity contribution in [3.63, 3.8) is 0 Å². The van der Waals surface area contributed by atoms with E-state index in [1.54, 1.807) is 13.2 Å². The SMILES string of the molecule is Cn1cc(C(NC(=O)Cc2cccc(Br)c2)C(=O)O)cn1. The van der Waals surface area contributed by atoms with E-state index in [0.29, 0.717) is 5.56 Å². The van der Waals surface area contributed by atoms with Gasteiger partial charge in [-0.25, -0.2) is 4.79 Å². The van der Waals surface area contributed by atoms with E-state index < -0.39 is 12.0 Å².